The molecule has 1 aliphatic carbocycles. The van der Waals surface area contributed by atoms with Crippen LogP contribution in [0.2, 0.25) is 0 Å². The van der Waals surface area contributed by atoms with Gasteiger partial charge >= 0.3 is 0 Å². The molecule has 2 aromatic rings. The number of halogens is 1. The highest BCUT2D eigenvalue weighted by atomic mass is 79.9. The highest BCUT2D eigenvalue weighted by Gasteiger charge is 2.20. The van der Waals surface area contributed by atoms with Crippen LogP contribution < -0.4 is 0 Å². The Morgan fingerprint density at radius 1 is 0.786 bits per heavy atom. The molecule has 0 saturated carbocycles. The quantitative estimate of drug-likeness (QED) is 0.563. The summed E-state index contributed by atoms with van der Waals surface area (Å²) in [6, 6.07) is 15.2. The first-order chi connectivity index (χ1) is 6.90. The van der Waals surface area contributed by atoms with Crippen molar-refractivity contribution in [1.82, 2.24) is 0 Å². The maximum absolute atomic E-state index is 3.48. The summed E-state index contributed by atoms with van der Waals surface area (Å²) in [5.41, 5.74) is 6.93. The zero-order valence-corrected chi connectivity index (χ0v) is 9.21. The van der Waals surface area contributed by atoms with Gasteiger partial charge < -0.3 is 0 Å². The standard InChI is InChI=1S/C13H9Br/c14-8-9-5-6-12-10-3-1-2-4-11(10)13(12)7-9/h1-7H,8H2. The van der Waals surface area contributed by atoms with E-state index in [1.165, 1.54) is 27.8 Å². The van der Waals surface area contributed by atoms with Gasteiger partial charge in [-0.25, -0.2) is 0 Å². The summed E-state index contributed by atoms with van der Waals surface area (Å²) in [5, 5.41) is 0.933. The van der Waals surface area contributed by atoms with E-state index in [1.54, 1.807) is 0 Å². The molecule has 14 heavy (non-hydrogen) atoms. The predicted molar refractivity (Wildman–Crippen MR) is 63.5 cm³/mol. The summed E-state index contributed by atoms with van der Waals surface area (Å²) in [7, 11) is 0. The summed E-state index contributed by atoms with van der Waals surface area (Å²) in [6.45, 7) is 0. The molecule has 0 radical (unpaired) electrons. The maximum Gasteiger partial charge on any atom is 0.0283 e. The topological polar surface area (TPSA) is 0 Å². The number of rotatable bonds is 1. The van der Waals surface area contributed by atoms with Crippen molar-refractivity contribution in [3.05, 3.63) is 48.0 Å². The lowest BCUT2D eigenvalue weighted by Gasteiger charge is -2.24. The lowest BCUT2D eigenvalue weighted by molar-refractivity contribution is 1.41. The molecule has 1 aliphatic rings. The summed E-state index contributed by atoms with van der Waals surface area (Å²) < 4.78 is 0. The smallest absolute Gasteiger partial charge is 0.0283 e. The SMILES string of the molecule is BrCc1ccc2c(c1)-c1ccccc1-2. The third-order valence-corrected chi connectivity index (χ3v) is 3.39. The van der Waals surface area contributed by atoms with E-state index in [0.29, 0.717) is 0 Å². The van der Waals surface area contributed by atoms with Crippen molar-refractivity contribution >= 4 is 15.9 Å². The minimum Gasteiger partial charge on any atom is -0.0876 e. The van der Waals surface area contributed by atoms with E-state index in [2.05, 4.69) is 58.4 Å². The van der Waals surface area contributed by atoms with E-state index in [4.69, 9.17) is 0 Å². The van der Waals surface area contributed by atoms with Crippen molar-refractivity contribution in [2.24, 2.45) is 0 Å². The van der Waals surface area contributed by atoms with Gasteiger partial charge in [0, 0.05) is 5.33 Å². The first kappa shape index (κ1) is 8.25. The molecule has 1 heteroatoms. The van der Waals surface area contributed by atoms with Crippen LogP contribution in [-0.4, -0.2) is 0 Å². The van der Waals surface area contributed by atoms with Crippen LogP contribution in [0.4, 0.5) is 0 Å². The minimum absolute atomic E-state index is 0.933. The van der Waals surface area contributed by atoms with Gasteiger partial charge in [-0.15, -0.1) is 0 Å². The van der Waals surface area contributed by atoms with Crippen LogP contribution in [0.25, 0.3) is 22.3 Å². The van der Waals surface area contributed by atoms with Crippen LogP contribution in [-0.2, 0) is 5.33 Å². The normalized spacial score (nSPS) is 11.5. The highest BCUT2D eigenvalue weighted by Crippen LogP contribution is 2.47. The Morgan fingerprint density at radius 3 is 2.14 bits per heavy atom. The minimum atomic E-state index is 0.933. The number of hydrogen-bond acceptors (Lipinski definition) is 0. The van der Waals surface area contributed by atoms with Gasteiger partial charge in [-0.1, -0.05) is 52.3 Å². The first-order valence-electron chi connectivity index (χ1n) is 4.69. The third kappa shape index (κ3) is 0.992. The summed E-state index contributed by atoms with van der Waals surface area (Å²) >= 11 is 3.48. The Hall–Kier alpha value is -1.08. The molecule has 3 rings (SSSR count). The lowest BCUT2D eigenvalue weighted by atomic mass is 9.80. The molecular formula is C13H9Br. The molecule has 68 valence electrons. The van der Waals surface area contributed by atoms with Gasteiger partial charge in [0.25, 0.3) is 0 Å². The molecule has 0 unspecified atom stereocenters. The van der Waals surface area contributed by atoms with Crippen LogP contribution >= 0.6 is 15.9 Å². The molecule has 0 fully saturated rings. The van der Waals surface area contributed by atoms with Crippen LogP contribution in [0, 0.1) is 0 Å². The monoisotopic (exact) mass is 244 g/mol. The van der Waals surface area contributed by atoms with Gasteiger partial charge in [-0.2, -0.15) is 0 Å². The van der Waals surface area contributed by atoms with Crippen LogP contribution in [0.5, 0.6) is 0 Å². The molecule has 2 aromatic carbocycles. The third-order valence-electron chi connectivity index (χ3n) is 2.75. The molecule has 0 saturated heterocycles. The molecule has 0 heterocycles. The van der Waals surface area contributed by atoms with Gasteiger partial charge in [0.05, 0.1) is 0 Å². The number of hydrogen-bond donors (Lipinski definition) is 0. The fraction of sp³-hybridized carbons (Fsp3) is 0.0769. The molecule has 0 aromatic heterocycles. The molecule has 0 atom stereocenters. The van der Waals surface area contributed by atoms with E-state index in [1.807, 2.05) is 0 Å². The van der Waals surface area contributed by atoms with E-state index >= 15 is 0 Å². The lowest BCUT2D eigenvalue weighted by Crippen LogP contribution is -1.98. The van der Waals surface area contributed by atoms with Crippen LogP contribution in [0.1, 0.15) is 5.56 Å². The van der Waals surface area contributed by atoms with Crippen molar-refractivity contribution in [2.75, 3.05) is 0 Å². The maximum atomic E-state index is 3.48. The fourth-order valence-corrected chi connectivity index (χ4v) is 2.37. The van der Waals surface area contributed by atoms with Gasteiger partial charge in [-0.3, -0.25) is 0 Å². The number of benzene rings is 2. The fourth-order valence-electron chi connectivity index (χ4n) is 2.02. The average Bonchev–Trinajstić information content (AvgIpc) is 2.25. The Bertz CT molecular complexity index is 500. The van der Waals surface area contributed by atoms with Crippen molar-refractivity contribution in [2.45, 2.75) is 5.33 Å². The number of fused-ring (bicyclic) bond motifs is 4. The second kappa shape index (κ2) is 2.96. The summed E-state index contributed by atoms with van der Waals surface area (Å²) in [5.74, 6) is 0. The molecule has 0 N–H and O–H groups in total. The zero-order valence-electron chi connectivity index (χ0n) is 7.63. The van der Waals surface area contributed by atoms with E-state index < -0.39 is 0 Å². The Morgan fingerprint density at radius 2 is 1.43 bits per heavy atom. The van der Waals surface area contributed by atoms with E-state index in [0.717, 1.165) is 5.33 Å². The van der Waals surface area contributed by atoms with E-state index in [9.17, 15) is 0 Å². The molecular weight excluding hydrogens is 236 g/mol. The van der Waals surface area contributed by atoms with Gasteiger partial charge in [0.2, 0.25) is 0 Å². The molecule has 0 amide bonds. The summed E-state index contributed by atoms with van der Waals surface area (Å²) in [6.07, 6.45) is 0. The van der Waals surface area contributed by atoms with Crippen LogP contribution in [0.3, 0.4) is 0 Å². The Balaban J connectivity index is 2.19. The highest BCUT2D eigenvalue weighted by molar-refractivity contribution is 9.08. The van der Waals surface area contributed by atoms with E-state index in [-0.39, 0.29) is 0 Å². The second-order valence-electron chi connectivity index (χ2n) is 3.56. The van der Waals surface area contributed by atoms with Gasteiger partial charge in [-0.05, 0) is 33.9 Å². The van der Waals surface area contributed by atoms with Crippen molar-refractivity contribution < 1.29 is 0 Å². The molecule has 0 bridgehead atoms. The van der Waals surface area contributed by atoms with Gasteiger partial charge in [0.1, 0.15) is 0 Å². The first-order valence-corrected chi connectivity index (χ1v) is 5.81. The van der Waals surface area contributed by atoms with Gasteiger partial charge in [0.15, 0.2) is 0 Å². The van der Waals surface area contributed by atoms with Crippen molar-refractivity contribution in [3.8, 4) is 22.3 Å². The van der Waals surface area contributed by atoms with Crippen molar-refractivity contribution in [1.29, 1.82) is 0 Å². The Labute approximate surface area is 91.7 Å². The Kier molecular flexibility index (Phi) is 1.74. The van der Waals surface area contributed by atoms with Crippen molar-refractivity contribution in [3.63, 3.8) is 0 Å². The zero-order chi connectivity index (χ0) is 9.54. The predicted octanol–water partition coefficient (Wildman–Crippen LogP) is 4.23. The number of alkyl halides is 1. The van der Waals surface area contributed by atoms with Crippen LogP contribution in [0.15, 0.2) is 42.5 Å². The molecule has 0 spiro atoms. The molecule has 0 aliphatic heterocycles. The summed E-state index contributed by atoms with van der Waals surface area (Å²) in [4.78, 5) is 0. The molecule has 0 nitrogen and oxygen atoms in total. The largest absolute Gasteiger partial charge is 0.0876 e. The average molecular weight is 245 g/mol. The second-order valence-corrected chi connectivity index (χ2v) is 4.12.